The third kappa shape index (κ3) is 5.58. The van der Waals surface area contributed by atoms with E-state index in [9.17, 15) is 9.59 Å². The van der Waals surface area contributed by atoms with Crippen molar-refractivity contribution in [3.63, 3.8) is 0 Å². The molecule has 0 fully saturated rings. The Morgan fingerprint density at radius 2 is 1.76 bits per heavy atom. The third-order valence-electron chi connectivity index (χ3n) is 3.42. The normalized spacial score (nSPS) is 10.2. The van der Waals surface area contributed by atoms with Gasteiger partial charge in [0.25, 0.3) is 5.91 Å². The van der Waals surface area contributed by atoms with Gasteiger partial charge in [0, 0.05) is 32.1 Å². The van der Waals surface area contributed by atoms with E-state index in [1.165, 1.54) is 13.3 Å². The van der Waals surface area contributed by atoms with Crippen LogP contribution in [0.3, 0.4) is 0 Å². The number of ether oxygens (including phenoxy) is 2. The number of carbonyl (C=O) groups excluding carboxylic acids is 2. The molecule has 0 saturated carbocycles. The van der Waals surface area contributed by atoms with Gasteiger partial charge in [0.2, 0.25) is 0 Å². The summed E-state index contributed by atoms with van der Waals surface area (Å²) in [4.78, 5) is 27.8. The van der Waals surface area contributed by atoms with Gasteiger partial charge in [-0.05, 0) is 42.8 Å². The van der Waals surface area contributed by atoms with Crippen molar-refractivity contribution in [3.05, 3.63) is 53.7 Å². The molecule has 132 valence electrons. The number of carbonyl (C=O) groups is 2. The number of rotatable bonds is 8. The van der Waals surface area contributed by atoms with Gasteiger partial charge in [0.15, 0.2) is 0 Å². The van der Waals surface area contributed by atoms with Crippen LogP contribution in [0, 0.1) is 0 Å². The van der Waals surface area contributed by atoms with Gasteiger partial charge in [-0.3, -0.25) is 4.79 Å². The molecule has 0 spiro atoms. The van der Waals surface area contributed by atoms with Crippen LogP contribution in [0.2, 0.25) is 0 Å². The molecule has 2 aromatic rings. The van der Waals surface area contributed by atoms with E-state index in [4.69, 9.17) is 4.74 Å². The number of nitrogens with one attached hydrogen (secondary N) is 2. The van der Waals surface area contributed by atoms with Gasteiger partial charge in [-0.25, -0.2) is 9.78 Å². The van der Waals surface area contributed by atoms with Crippen LogP contribution < -0.4 is 10.6 Å². The second-order valence-electron chi connectivity index (χ2n) is 5.23. The molecule has 25 heavy (non-hydrogen) atoms. The van der Waals surface area contributed by atoms with Gasteiger partial charge >= 0.3 is 5.97 Å². The summed E-state index contributed by atoms with van der Waals surface area (Å²) in [6.07, 6.45) is 2.39. The molecule has 2 N–H and O–H groups in total. The van der Waals surface area contributed by atoms with E-state index in [1.807, 2.05) is 0 Å². The van der Waals surface area contributed by atoms with E-state index in [1.54, 1.807) is 43.5 Å². The molecule has 1 aromatic carbocycles. The first kappa shape index (κ1) is 18.4. The van der Waals surface area contributed by atoms with Crippen molar-refractivity contribution < 1.29 is 19.1 Å². The molecule has 0 aliphatic heterocycles. The maximum atomic E-state index is 12.2. The summed E-state index contributed by atoms with van der Waals surface area (Å²) in [6, 6.07) is 9.91. The van der Waals surface area contributed by atoms with Crippen LogP contribution in [-0.2, 0) is 9.47 Å². The predicted molar refractivity (Wildman–Crippen MR) is 95.0 cm³/mol. The van der Waals surface area contributed by atoms with Crippen molar-refractivity contribution in [2.24, 2.45) is 0 Å². The van der Waals surface area contributed by atoms with Crippen molar-refractivity contribution in [2.45, 2.75) is 6.42 Å². The number of hydrogen-bond acceptors (Lipinski definition) is 6. The highest BCUT2D eigenvalue weighted by Gasteiger charge is 2.08. The van der Waals surface area contributed by atoms with E-state index < -0.39 is 5.97 Å². The Kier molecular flexibility index (Phi) is 6.91. The molecular weight excluding hydrogens is 322 g/mol. The zero-order valence-electron chi connectivity index (χ0n) is 14.2. The molecule has 2 rings (SSSR count). The van der Waals surface area contributed by atoms with E-state index in [2.05, 4.69) is 20.4 Å². The number of aromatic nitrogens is 1. The monoisotopic (exact) mass is 343 g/mol. The first-order valence-corrected chi connectivity index (χ1v) is 7.82. The number of esters is 1. The molecule has 0 radical (unpaired) electrons. The van der Waals surface area contributed by atoms with Crippen molar-refractivity contribution >= 4 is 23.4 Å². The largest absolute Gasteiger partial charge is 0.465 e. The Labute approximate surface area is 146 Å². The number of anilines is 2. The number of benzene rings is 1. The summed E-state index contributed by atoms with van der Waals surface area (Å²) in [5.41, 5.74) is 1.45. The van der Waals surface area contributed by atoms with Crippen LogP contribution in [0.1, 0.15) is 27.1 Å². The molecule has 7 nitrogen and oxygen atoms in total. The van der Waals surface area contributed by atoms with Gasteiger partial charge in [-0.2, -0.15) is 0 Å². The Bertz CT molecular complexity index is 699. The number of methoxy groups -OCH3 is 2. The minimum atomic E-state index is -0.421. The zero-order chi connectivity index (χ0) is 18.1. The fourth-order valence-electron chi connectivity index (χ4n) is 2.08. The molecule has 1 heterocycles. The van der Waals surface area contributed by atoms with Crippen LogP contribution in [0.25, 0.3) is 0 Å². The second-order valence-corrected chi connectivity index (χ2v) is 5.23. The topological polar surface area (TPSA) is 89.6 Å². The number of amides is 1. The highest BCUT2D eigenvalue weighted by molar-refractivity contribution is 6.04. The lowest BCUT2D eigenvalue weighted by molar-refractivity contribution is 0.0600. The van der Waals surface area contributed by atoms with E-state index in [-0.39, 0.29) is 5.91 Å². The SMILES string of the molecule is COCCCNc1ccc(C(=O)Nc2ccc(C(=O)OC)cc2)cn1. The maximum Gasteiger partial charge on any atom is 0.337 e. The molecular formula is C18H21N3O4. The maximum absolute atomic E-state index is 12.2. The highest BCUT2D eigenvalue weighted by atomic mass is 16.5. The van der Waals surface area contributed by atoms with Gasteiger partial charge in [-0.15, -0.1) is 0 Å². The zero-order valence-corrected chi connectivity index (χ0v) is 14.2. The number of nitrogens with zero attached hydrogens (tertiary/aromatic N) is 1. The molecule has 7 heteroatoms. The van der Waals surface area contributed by atoms with E-state index in [0.29, 0.717) is 29.2 Å². The summed E-state index contributed by atoms with van der Waals surface area (Å²) in [7, 11) is 2.98. The van der Waals surface area contributed by atoms with Crippen LogP contribution >= 0.6 is 0 Å². The third-order valence-corrected chi connectivity index (χ3v) is 3.42. The molecule has 0 atom stereocenters. The lowest BCUT2D eigenvalue weighted by Crippen LogP contribution is -2.13. The molecule has 0 aliphatic carbocycles. The summed E-state index contributed by atoms with van der Waals surface area (Å²) in [5, 5.41) is 5.90. The van der Waals surface area contributed by atoms with Gasteiger partial charge in [-0.1, -0.05) is 0 Å². The van der Waals surface area contributed by atoms with Crippen LogP contribution in [-0.4, -0.2) is 44.2 Å². The van der Waals surface area contributed by atoms with E-state index in [0.717, 1.165) is 13.0 Å². The minimum absolute atomic E-state index is 0.274. The minimum Gasteiger partial charge on any atom is -0.465 e. The lowest BCUT2D eigenvalue weighted by atomic mass is 10.2. The van der Waals surface area contributed by atoms with Gasteiger partial charge in [0.1, 0.15) is 5.82 Å². The molecule has 1 amide bonds. The summed E-state index contributed by atoms with van der Waals surface area (Å²) >= 11 is 0. The highest BCUT2D eigenvalue weighted by Crippen LogP contribution is 2.13. The van der Waals surface area contributed by atoms with Crippen molar-refractivity contribution in [1.82, 2.24) is 4.98 Å². The quantitative estimate of drug-likeness (QED) is 0.566. The average molecular weight is 343 g/mol. The molecule has 0 saturated heterocycles. The molecule has 0 unspecified atom stereocenters. The Hall–Kier alpha value is -2.93. The van der Waals surface area contributed by atoms with Crippen molar-refractivity contribution in [1.29, 1.82) is 0 Å². The summed E-state index contributed by atoms with van der Waals surface area (Å²) in [6.45, 7) is 1.43. The standard InChI is InChI=1S/C18H21N3O4/c1-24-11-3-10-19-16-9-6-14(12-20-16)17(22)21-15-7-4-13(5-8-15)18(23)25-2/h4-9,12H,3,10-11H2,1-2H3,(H,19,20)(H,21,22). The Morgan fingerprint density at radius 3 is 2.36 bits per heavy atom. The number of pyridine rings is 1. The fourth-order valence-corrected chi connectivity index (χ4v) is 2.08. The average Bonchev–Trinajstić information content (AvgIpc) is 2.65. The summed E-state index contributed by atoms with van der Waals surface area (Å²) < 4.78 is 9.61. The van der Waals surface area contributed by atoms with Crippen LogP contribution in [0.15, 0.2) is 42.6 Å². The predicted octanol–water partition coefficient (Wildman–Crippen LogP) is 2.57. The smallest absolute Gasteiger partial charge is 0.337 e. The van der Waals surface area contributed by atoms with Crippen LogP contribution in [0.5, 0.6) is 0 Å². The first-order chi connectivity index (χ1) is 12.1. The number of hydrogen-bond donors (Lipinski definition) is 2. The molecule has 0 aliphatic rings. The van der Waals surface area contributed by atoms with Crippen LogP contribution in [0.4, 0.5) is 11.5 Å². The molecule has 0 bridgehead atoms. The Balaban J connectivity index is 1.91. The fraction of sp³-hybridized carbons (Fsp3) is 0.278. The first-order valence-electron chi connectivity index (χ1n) is 7.82. The second kappa shape index (κ2) is 9.39. The van der Waals surface area contributed by atoms with Crippen molar-refractivity contribution in [3.8, 4) is 0 Å². The lowest BCUT2D eigenvalue weighted by Gasteiger charge is -2.08. The van der Waals surface area contributed by atoms with Gasteiger partial charge in [0.05, 0.1) is 18.2 Å². The Morgan fingerprint density at radius 1 is 1.04 bits per heavy atom. The van der Waals surface area contributed by atoms with Crippen molar-refractivity contribution in [2.75, 3.05) is 38.0 Å². The molecule has 1 aromatic heterocycles. The van der Waals surface area contributed by atoms with E-state index >= 15 is 0 Å². The summed E-state index contributed by atoms with van der Waals surface area (Å²) in [5.74, 6) is 0.00926. The van der Waals surface area contributed by atoms with Gasteiger partial charge < -0.3 is 20.1 Å².